The van der Waals surface area contributed by atoms with Gasteiger partial charge in [-0.05, 0) is 31.6 Å². The van der Waals surface area contributed by atoms with Gasteiger partial charge in [-0.15, -0.1) is 11.3 Å². The molecule has 0 bridgehead atoms. The van der Waals surface area contributed by atoms with E-state index in [9.17, 15) is 4.79 Å². The lowest BCUT2D eigenvalue weighted by Crippen LogP contribution is -2.39. The van der Waals surface area contributed by atoms with Crippen LogP contribution in [0.2, 0.25) is 0 Å². The fourth-order valence-electron chi connectivity index (χ4n) is 2.99. The van der Waals surface area contributed by atoms with Crippen molar-refractivity contribution in [2.24, 2.45) is 11.7 Å². The highest BCUT2D eigenvalue weighted by atomic mass is 32.1. The van der Waals surface area contributed by atoms with Gasteiger partial charge in [0.25, 0.3) is 0 Å². The quantitative estimate of drug-likeness (QED) is 0.839. The maximum absolute atomic E-state index is 12.4. The van der Waals surface area contributed by atoms with E-state index < -0.39 is 0 Å². The first-order chi connectivity index (χ1) is 9.99. The smallest absolute Gasteiger partial charge is 0.177 e. The summed E-state index contributed by atoms with van der Waals surface area (Å²) >= 11 is 1.61. The van der Waals surface area contributed by atoms with Crippen molar-refractivity contribution < 1.29 is 4.79 Å². The zero-order valence-corrected chi connectivity index (χ0v) is 13.7. The summed E-state index contributed by atoms with van der Waals surface area (Å²) < 4.78 is 0. The Hall–Kier alpha value is -1.07. The summed E-state index contributed by atoms with van der Waals surface area (Å²) in [5, 5.41) is 1.24. The number of Topliss-reactive ketones (excluding diaryl/α,β-unsaturated/α-hetero) is 1. The topological polar surface area (TPSA) is 72.3 Å². The predicted octanol–water partition coefficient (Wildman–Crippen LogP) is 2.97. The number of hydrogen-bond acceptors (Lipinski definition) is 5. The van der Waals surface area contributed by atoms with E-state index in [1.54, 1.807) is 11.3 Å². The van der Waals surface area contributed by atoms with Crippen molar-refractivity contribution in [3.8, 4) is 0 Å². The summed E-state index contributed by atoms with van der Waals surface area (Å²) in [4.78, 5) is 15.6. The van der Waals surface area contributed by atoms with Crippen LogP contribution in [0.4, 0.5) is 10.7 Å². The van der Waals surface area contributed by atoms with Gasteiger partial charge in [-0.3, -0.25) is 4.79 Å². The molecule has 116 valence electrons. The molecule has 1 aromatic heterocycles. The summed E-state index contributed by atoms with van der Waals surface area (Å²) in [6.07, 6.45) is 4.46. The Bertz CT molecular complexity index is 540. The van der Waals surface area contributed by atoms with Crippen LogP contribution in [0.25, 0.3) is 0 Å². The molecule has 1 aliphatic carbocycles. The van der Waals surface area contributed by atoms with Crippen LogP contribution in [0.3, 0.4) is 0 Å². The highest BCUT2D eigenvalue weighted by Gasteiger charge is 2.35. The summed E-state index contributed by atoms with van der Waals surface area (Å²) in [7, 11) is 0. The molecule has 0 amide bonds. The van der Waals surface area contributed by atoms with Crippen LogP contribution in [-0.4, -0.2) is 24.9 Å². The molecule has 1 aliphatic heterocycles. The molecule has 1 saturated carbocycles. The number of carbonyl (C=O) groups is 1. The average Bonchev–Trinajstić information content (AvgIpc) is 3.22. The third-order valence-electron chi connectivity index (χ3n) is 4.52. The van der Waals surface area contributed by atoms with Crippen molar-refractivity contribution in [1.29, 1.82) is 0 Å². The van der Waals surface area contributed by atoms with Gasteiger partial charge in [-0.2, -0.15) is 0 Å². The minimum absolute atomic E-state index is 0.000584. The molecule has 21 heavy (non-hydrogen) atoms. The van der Waals surface area contributed by atoms with Crippen molar-refractivity contribution in [3.05, 3.63) is 10.4 Å². The SMILES string of the molecule is CC(C)C(=O)c1sc(N2CCC(N)CC2)c(C2CC2)c1N. The Morgan fingerprint density at radius 1 is 1.24 bits per heavy atom. The van der Waals surface area contributed by atoms with E-state index in [-0.39, 0.29) is 11.7 Å². The Balaban J connectivity index is 1.95. The molecule has 0 unspecified atom stereocenters. The Kier molecular flexibility index (Phi) is 3.97. The lowest BCUT2D eigenvalue weighted by molar-refractivity contribution is 0.0944. The second-order valence-corrected chi connectivity index (χ2v) is 7.68. The van der Waals surface area contributed by atoms with Crippen molar-refractivity contribution >= 4 is 27.8 Å². The number of ketones is 1. The van der Waals surface area contributed by atoms with Gasteiger partial charge in [-0.25, -0.2) is 0 Å². The van der Waals surface area contributed by atoms with Gasteiger partial charge in [-0.1, -0.05) is 13.8 Å². The molecule has 0 aromatic carbocycles. The molecule has 0 radical (unpaired) electrons. The van der Waals surface area contributed by atoms with Crippen LogP contribution in [0, 0.1) is 5.92 Å². The number of carbonyl (C=O) groups excluding carboxylic acids is 1. The lowest BCUT2D eigenvalue weighted by atomic mass is 10.0. The fourth-order valence-corrected chi connectivity index (χ4v) is 4.44. The highest BCUT2D eigenvalue weighted by molar-refractivity contribution is 7.19. The minimum Gasteiger partial charge on any atom is -0.397 e. The minimum atomic E-state index is 0.000584. The van der Waals surface area contributed by atoms with E-state index in [0.29, 0.717) is 12.0 Å². The average molecular weight is 307 g/mol. The summed E-state index contributed by atoms with van der Waals surface area (Å²) in [5.41, 5.74) is 14.4. The maximum Gasteiger partial charge on any atom is 0.177 e. The first-order valence-corrected chi connectivity index (χ1v) is 8.77. The van der Waals surface area contributed by atoms with Crippen LogP contribution < -0.4 is 16.4 Å². The van der Waals surface area contributed by atoms with E-state index in [0.717, 1.165) is 36.5 Å². The van der Waals surface area contributed by atoms with Crippen molar-refractivity contribution in [2.75, 3.05) is 23.7 Å². The van der Waals surface area contributed by atoms with Crippen molar-refractivity contribution in [1.82, 2.24) is 0 Å². The lowest BCUT2D eigenvalue weighted by Gasteiger charge is -2.31. The summed E-state index contributed by atoms with van der Waals surface area (Å²) in [6.45, 7) is 5.85. The van der Waals surface area contributed by atoms with Gasteiger partial charge in [0.1, 0.15) is 0 Å². The highest BCUT2D eigenvalue weighted by Crippen LogP contribution is 2.52. The first-order valence-electron chi connectivity index (χ1n) is 7.96. The Labute approximate surface area is 130 Å². The zero-order valence-electron chi connectivity index (χ0n) is 12.9. The van der Waals surface area contributed by atoms with Gasteiger partial charge >= 0.3 is 0 Å². The van der Waals surface area contributed by atoms with E-state index in [2.05, 4.69) is 4.90 Å². The fraction of sp³-hybridized carbons (Fsp3) is 0.688. The van der Waals surface area contributed by atoms with Crippen LogP contribution in [0.15, 0.2) is 0 Å². The van der Waals surface area contributed by atoms with Gasteiger partial charge in [0.2, 0.25) is 0 Å². The maximum atomic E-state index is 12.4. The van der Waals surface area contributed by atoms with Gasteiger partial charge in [0, 0.05) is 30.6 Å². The second-order valence-electron chi connectivity index (χ2n) is 6.68. The predicted molar refractivity (Wildman–Crippen MR) is 89.3 cm³/mol. The number of nitrogens with two attached hydrogens (primary N) is 2. The summed E-state index contributed by atoms with van der Waals surface area (Å²) in [6, 6.07) is 0.319. The van der Waals surface area contributed by atoms with Crippen LogP contribution in [0.5, 0.6) is 0 Å². The molecule has 5 heteroatoms. The zero-order chi connectivity index (χ0) is 15.1. The van der Waals surface area contributed by atoms with Crippen LogP contribution >= 0.6 is 11.3 Å². The van der Waals surface area contributed by atoms with E-state index in [4.69, 9.17) is 11.5 Å². The molecule has 1 saturated heterocycles. The number of thiophene rings is 1. The number of hydrogen-bond donors (Lipinski definition) is 2. The second kappa shape index (κ2) is 5.61. The first kappa shape index (κ1) is 14.9. The van der Waals surface area contributed by atoms with Crippen LogP contribution in [0.1, 0.15) is 60.7 Å². The monoisotopic (exact) mass is 307 g/mol. The molecular formula is C16H25N3OS. The van der Waals surface area contributed by atoms with E-state index in [1.807, 2.05) is 13.8 Å². The standard InChI is InChI=1S/C16H25N3OS/c1-9(2)14(20)15-13(18)12(10-3-4-10)16(21-15)19-7-5-11(17)6-8-19/h9-11H,3-8,17-18H2,1-2H3. The molecule has 0 atom stereocenters. The molecule has 1 aromatic rings. The largest absolute Gasteiger partial charge is 0.397 e. The molecule has 2 fully saturated rings. The van der Waals surface area contributed by atoms with E-state index in [1.165, 1.54) is 23.4 Å². The number of rotatable bonds is 4. The van der Waals surface area contributed by atoms with Gasteiger partial charge in [0.05, 0.1) is 15.6 Å². The summed E-state index contributed by atoms with van der Waals surface area (Å²) in [5.74, 6) is 0.751. The molecular weight excluding hydrogens is 282 g/mol. The van der Waals surface area contributed by atoms with Gasteiger partial charge < -0.3 is 16.4 Å². The number of nitrogens with zero attached hydrogens (tertiary/aromatic N) is 1. The van der Waals surface area contributed by atoms with Crippen molar-refractivity contribution in [2.45, 2.75) is 51.5 Å². The molecule has 4 N–H and O–H groups in total. The molecule has 3 rings (SSSR count). The molecule has 0 spiro atoms. The number of piperidine rings is 1. The van der Waals surface area contributed by atoms with Crippen molar-refractivity contribution in [3.63, 3.8) is 0 Å². The third kappa shape index (κ3) is 2.81. The Morgan fingerprint density at radius 2 is 1.86 bits per heavy atom. The number of nitrogen functional groups attached to an aromatic ring is 1. The molecule has 2 heterocycles. The Morgan fingerprint density at radius 3 is 2.38 bits per heavy atom. The molecule has 2 aliphatic rings. The molecule has 4 nitrogen and oxygen atoms in total. The number of anilines is 2. The normalized spacial score (nSPS) is 20.3. The third-order valence-corrected chi connectivity index (χ3v) is 5.82. The van der Waals surface area contributed by atoms with Crippen LogP contribution in [-0.2, 0) is 0 Å². The van der Waals surface area contributed by atoms with E-state index >= 15 is 0 Å². The van der Waals surface area contributed by atoms with Gasteiger partial charge in [0.15, 0.2) is 5.78 Å².